The molecular formula is C25H34N4O3. The molecule has 3 rings (SSSR count). The number of methoxy groups -OCH3 is 1. The standard InChI is InChI=1S/C25H34N4O3/c1-4-26-25(28-18-21-10-7-19(2)16-23(21)32-15-14-31-3)27-17-20-8-11-22(12-9-20)29-13-5-6-24(29)30/h7-12,16H,4-6,13-15,17-18H2,1-3H3,(H2,26,27,28). The molecule has 7 heteroatoms. The molecular weight excluding hydrogens is 404 g/mol. The number of aliphatic imine (C=N–C) groups is 1. The Labute approximate surface area is 190 Å². The molecule has 0 saturated carbocycles. The van der Waals surface area contributed by atoms with Gasteiger partial charge in [0.1, 0.15) is 12.4 Å². The SMILES string of the molecule is CCNC(=NCc1ccc(N2CCCC2=O)cc1)NCc1ccc(C)cc1OCCOC. The average molecular weight is 439 g/mol. The highest BCUT2D eigenvalue weighted by Gasteiger charge is 2.21. The number of rotatable bonds is 10. The van der Waals surface area contributed by atoms with Crippen LogP contribution in [0.2, 0.25) is 0 Å². The molecule has 0 bridgehead atoms. The van der Waals surface area contributed by atoms with Crippen molar-refractivity contribution < 1.29 is 14.3 Å². The lowest BCUT2D eigenvalue weighted by Crippen LogP contribution is -2.36. The van der Waals surface area contributed by atoms with Crippen molar-refractivity contribution in [2.75, 3.05) is 38.3 Å². The van der Waals surface area contributed by atoms with Crippen LogP contribution >= 0.6 is 0 Å². The van der Waals surface area contributed by atoms with Crippen LogP contribution < -0.4 is 20.3 Å². The van der Waals surface area contributed by atoms with Gasteiger partial charge < -0.3 is 25.0 Å². The first-order valence-corrected chi connectivity index (χ1v) is 11.2. The summed E-state index contributed by atoms with van der Waals surface area (Å²) in [5.41, 5.74) is 4.28. The van der Waals surface area contributed by atoms with Crippen molar-refractivity contribution >= 4 is 17.6 Å². The van der Waals surface area contributed by atoms with Crippen molar-refractivity contribution in [3.8, 4) is 5.75 Å². The highest BCUT2D eigenvalue weighted by molar-refractivity contribution is 5.95. The number of ether oxygens (including phenoxy) is 2. The van der Waals surface area contributed by atoms with Crippen LogP contribution in [0.5, 0.6) is 5.75 Å². The van der Waals surface area contributed by atoms with E-state index in [0.29, 0.717) is 32.7 Å². The third-order valence-electron chi connectivity index (χ3n) is 5.30. The molecule has 0 unspecified atom stereocenters. The predicted octanol–water partition coefficient (Wildman–Crippen LogP) is 3.40. The van der Waals surface area contributed by atoms with E-state index < -0.39 is 0 Å². The first-order valence-electron chi connectivity index (χ1n) is 11.2. The molecule has 0 atom stereocenters. The van der Waals surface area contributed by atoms with E-state index in [1.165, 1.54) is 0 Å². The molecule has 1 saturated heterocycles. The zero-order valence-corrected chi connectivity index (χ0v) is 19.3. The van der Waals surface area contributed by atoms with Crippen LogP contribution in [0.4, 0.5) is 5.69 Å². The van der Waals surface area contributed by atoms with Gasteiger partial charge in [-0.2, -0.15) is 0 Å². The van der Waals surface area contributed by atoms with Crippen molar-refractivity contribution in [3.05, 3.63) is 59.2 Å². The van der Waals surface area contributed by atoms with Gasteiger partial charge in [0.05, 0.1) is 13.2 Å². The molecule has 1 aliphatic heterocycles. The van der Waals surface area contributed by atoms with Crippen LogP contribution in [0.3, 0.4) is 0 Å². The normalized spacial score (nSPS) is 14.0. The largest absolute Gasteiger partial charge is 0.491 e. The molecule has 0 radical (unpaired) electrons. The summed E-state index contributed by atoms with van der Waals surface area (Å²) in [5, 5.41) is 6.69. The minimum atomic E-state index is 0.205. The third kappa shape index (κ3) is 6.72. The number of nitrogens with zero attached hydrogens (tertiary/aromatic N) is 2. The number of benzene rings is 2. The third-order valence-corrected chi connectivity index (χ3v) is 5.30. The number of amides is 1. The Bertz CT molecular complexity index is 912. The van der Waals surface area contributed by atoms with E-state index in [-0.39, 0.29) is 5.91 Å². The van der Waals surface area contributed by atoms with E-state index in [9.17, 15) is 4.79 Å². The van der Waals surface area contributed by atoms with Crippen molar-refractivity contribution in [3.63, 3.8) is 0 Å². The maximum atomic E-state index is 11.9. The van der Waals surface area contributed by atoms with Crippen LogP contribution in [0.15, 0.2) is 47.5 Å². The fraction of sp³-hybridized carbons (Fsp3) is 0.440. The van der Waals surface area contributed by atoms with Crippen LogP contribution in [-0.2, 0) is 22.6 Å². The Hall–Kier alpha value is -3.06. The lowest BCUT2D eigenvalue weighted by Gasteiger charge is -2.16. The highest BCUT2D eigenvalue weighted by Crippen LogP contribution is 2.22. The predicted molar refractivity (Wildman–Crippen MR) is 128 cm³/mol. The Morgan fingerprint density at radius 2 is 1.94 bits per heavy atom. The summed E-state index contributed by atoms with van der Waals surface area (Å²) in [6.45, 7) is 7.89. The number of carbonyl (C=O) groups is 1. The molecule has 1 amide bonds. The van der Waals surface area contributed by atoms with Crippen LogP contribution in [0, 0.1) is 6.92 Å². The van der Waals surface area contributed by atoms with Crippen LogP contribution in [-0.4, -0.2) is 45.3 Å². The summed E-state index contributed by atoms with van der Waals surface area (Å²) < 4.78 is 11.0. The minimum Gasteiger partial charge on any atom is -0.491 e. The molecule has 32 heavy (non-hydrogen) atoms. The second-order valence-corrected chi connectivity index (χ2v) is 7.82. The van der Waals surface area contributed by atoms with Crippen molar-refractivity contribution in [1.82, 2.24) is 10.6 Å². The van der Waals surface area contributed by atoms with Crippen molar-refractivity contribution in [2.24, 2.45) is 4.99 Å². The molecule has 0 aliphatic carbocycles. The van der Waals surface area contributed by atoms with Gasteiger partial charge in [0.15, 0.2) is 5.96 Å². The molecule has 1 aliphatic rings. The fourth-order valence-corrected chi connectivity index (χ4v) is 3.57. The zero-order valence-electron chi connectivity index (χ0n) is 19.3. The van der Waals surface area contributed by atoms with Gasteiger partial charge in [0, 0.05) is 44.4 Å². The molecule has 2 N–H and O–H groups in total. The maximum absolute atomic E-state index is 11.9. The average Bonchev–Trinajstić information content (AvgIpc) is 3.23. The number of guanidine groups is 1. The molecule has 2 aromatic rings. The number of anilines is 1. The van der Waals surface area contributed by atoms with Crippen LogP contribution in [0.1, 0.15) is 36.5 Å². The van der Waals surface area contributed by atoms with Gasteiger partial charge in [-0.3, -0.25) is 4.79 Å². The monoisotopic (exact) mass is 438 g/mol. The van der Waals surface area contributed by atoms with Gasteiger partial charge in [0.25, 0.3) is 0 Å². The summed E-state index contributed by atoms with van der Waals surface area (Å²) in [6.07, 6.45) is 1.58. The molecule has 2 aromatic carbocycles. The number of nitrogens with one attached hydrogen (secondary N) is 2. The summed E-state index contributed by atoms with van der Waals surface area (Å²) in [6, 6.07) is 14.3. The quantitative estimate of drug-likeness (QED) is 0.338. The Morgan fingerprint density at radius 1 is 1.12 bits per heavy atom. The van der Waals surface area contributed by atoms with Gasteiger partial charge >= 0.3 is 0 Å². The van der Waals surface area contributed by atoms with Crippen molar-refractivity contribution in [1.29, 1.82) is 0 Å². The summed E-state index contributed by atoms with van der Waals surface area (Å²) in [5.74, 6) is 1.81. The highest BCUT2D eigenvalue weighted by atomic mass is 16.5. The van der Waals surface area contributed by atoms with E-state index in [1.807, 2.05) is 42.2 Å². The van der Waals surface area contributed by atoms with E-state index in [4.69, 9.17) is 14.5 Å². The maximum Gasteiger partial charge on any atom is 0.227 e. The number of hydrogen-bond acceptors (Lipinski definition) is 4. The summed E-state index contributed by atoms with van der Waals surface area (Å²) >= 11 is 0. The van der Waals surface area contributed by atoms with E-state index in [2.05, 4.69) is 29.7 Å². The number of carbonyl (C=O) groups excluding carboxylic acids is 1. The molecule has 1 fully saturated rings. The zero-order chi connectivity index (χ0) is 22.8. The van der Waals surface area contributed by atoms with Gasteiger partial charge in [-0.1, -0.05) is 24.3 Å². The van der Waals surface area contributed by atoms with Gasteiger partial charge in [0.2, 0.25) is 5.91 Å². The molecule has 172 valence electrons. The van der Waals surface area contributed by atoms with Crippen LogP contribution in [0.25, 0.3) is 0 Å². The lowest BCUT2D eigenvalue weighted by atomic mass is 10.1. The van der Waals surface area contributed by atoms with Gasteiger partial charge in [-0.05, 0) is 49.6 Å². The molecule has 0 aromatic heterocycles. The first-order chi connectivity index (χ1) is 15.6. The minimum absolute atomic E-state index is 0.205. The molecule has 7 nitrogen and oxygen atoms in total. The molecule has 0 spiro atoms. The number of aryl methyl sites for hydroxylation is 1. The smallest absolute Gasteiger partial charge is 0.227 e. The second kappa shape index (κ2) is 12.1. The molecule has 1 heterocycles. The summed E-state index contributed by atoms with van der Waals surface area (Å²) in [7, 11) is 1.67. The topological polar surface area (TPSA) is 75.2 Å². The summed E-state index contributed by atoms with van der Waals surface area (Å²) in [4.78, 5) is 18.5. The van der Waals surface area contributed by atoms with Gasteiger partial charge in [-0.25, -0.2) is 4.99 Å². The second-order valence-electron chi connectivity index (χ2n) is 7.82. The van der Waals surface area contributed by atoms with Gasteiger partial charge in [-0.15, -0.1) is 0 Å². The van der Waals surface area contributed by atoms with E-state index in [1.54, 1.807) is 7.11 Å². The Balaban J connectivity index is 1.61. The van der Waals surface area contributed by atoms with E-state index in [0.717, 1.165) is 53.6 Å². The van der Waals surface area contributed by atoms with E-state index >= 15 is 0 Å². The number of hydrogen-bond donors (Lipinski definition) is 2. The Kier molecular flexibility index (Phi) is 8.92. The first kappa shape index (κ1) is 23.6. The Morgan fingerprint density at radius 3 is 2.62 bits per heavy atom. The lowest BCUT2D eigenvalue weighted by molar-refractivity contribution is -0.117. The fourth-order valence-electron chi connectivity index (χ4n) is 3.57. The van der Waals surface area contributed by atoms with Crippen molar-refractivity contribution in [2.45, 2.75) is 39.8 Å².